The van der Waals surface area contributed by atoms with Crippen molar-refractivity contribution in [1.82, 2.24) is 20.3 Å². The zero-order valence-electron chi connectivity index (χ0n) is 8.33. The average Bonchev–Trinajstić information content (AvgIpc) is 2.72. The van der Waals surface area contributed by atoms with Crippen molar-refractivity contribution in [3.8, 4) is 0 Å². The minimum absolute atomic E-state index is 0.0260. The maximum atomic E-state index is 11.1. The molecule has 3 atom stereocenters. The van der Waals surface area contributed by atoms with E-state index in [1.165, 1.54) is 6.33 Å². The normalized spacial score (nSPS) is 31.6. The summed E-state index contributed by atoms with van der Waals surface area (Å²) < 4.78 is 0. The number of rotatable bonds is 1. The SMILES string of the molecule is O=c1ncnc(C2NC3C=CC=CC3S2)[nH]1. The number of nitrogens with zero attached hydrogens (tertiary/aromatic N) is 2. The standard InChI is InChI=1S/C10H10N4OS/c15-10-12-5-11-8(14-10)9-13-6-3-1-2-4-7(6)16-9/h1-7,9,13H,(H,11,12,14,15). The van der Waals surface area contributed by atoms with Gasteiger partial charge in [0, 0.05) is 11.3 Å². The van der Waals surface area contributed by atoms with Crippen molar-refractivity contribution in [3.05, 3.63) is 46.9 Å². The van der Waals surface area contributed by atoms with Gasteiger partial charge in [-0.05, 0) is 0 Å². The molecular weight excluding hydrogens is 224 g/mol. The van der Waals surface area contributed by atoms with Gasteiger partial charge >= 0.3 is 5.69 Å². The second kappa shape index (κ2) is 3.88. The van der Waals surface area contributed by atoms with Gasteiger partial charge in [0.2, 0.25) is 0 Å². The summed E-state index contributed by atoms with van der Waals surface area (Å²) in [4.78, 5) is 21.3. The van der Waals surface area contributed by atoms with E-state index in [4.69, 9.17) is 0 Å². The Morgan fingerprint density at radius 2 is 2.12 bits per heavy atom. The van der Waals surface area contributed by atoms with E-state index in [0.717, 1.165) is 0 Å². The highest BCUT2D eigenvalue weighted by Crippen LogP contribution is 2.38. The van der Waals surface area contributed by atoms with Gasteiger partial charge in [-0.2, -0.15) is 4.98 Å². The quantitative estimate of drug-likeness (QED) is 0.734. The van der Waals surface area contributed by atoms with E-state index in [9.17, 15) is 4.79 Å². The van der Waals surface area contributed by atoms with Crippen LogP contribution in [0.25, 0.3) is 0 Å². The number of nitrogens with one attached hydrogen (secondary N) is 2. The summed E-state index contributed by atoms with van der Waals surface area (Å²) >= 11 is 1.75. The highest BCUT2D eigenvalue weighted by molar-refractivity contribution is 8.00. The van der Waals surface area contributed by atoms with Gasteiger partial charge in [0.05, 0.1) is 0 Å². The average molecular weight is 234 g/mol. The van der Waals surface area contributed by atoms with Crippen LogP contribution >= 0.6 is 11.8 Å². The molecule has 0 aromatic carbocycles. The Bertz CT molecular complexity index is 490. The monoisotopic (exact) mass is 234 g/mol. The molecule has 3 rings (SSSR count). The molecule has 2 heterocycles. The number of hydrogen-bond donors (Lipinski definition) is 2. The van der Waals surface area contributed by atoms with Crippen molar-refractivity contribution in [2.75, 3.05) is 0 Å². The topological polar surface area (TPSA) is 70.7 Å². The van der Waals surface area contributed by atoms with Gasteiger partial charge in [0.1, 0.15) is 17.5 Å². The van der Waals surface area contributed by atoms with Crippen LogP contribution in [0.1, 0.15) is 11.2 Å². The largest absolute Gasteiger partial charge is 0.347 e. The Labute approximate surface area is 96.1 Å². The maximum Gasteiger partial charge on any atom is 0.347 e. The summed E-state index contributed by atoms with van der Waals surface area (Å²) in [6, 6.07) is 0.318. The molecule has 0 spiro atoms. The zero-order chi connectivity index (χ0) is 11.0. The van der Waals surface area contributed by atoms with Crippen molar-refractivity contribution >= 4 is 11.8 Å². The third-order valence-electron chi connectivity index (χ3n) is 2.58. The van der Waals surface area contributed by atoms with E-state index >= 15 is 0 Å². The number of aromatic nitrogens is 3. The van der Waals surface area contributed by atoms with E-state index in [1.54, 1.807) is 11.8 Å². The third-order valence-corrected chi connectivity index (χ3v) is 3.97. The summed E-state index contributed by atoms with van der Waals surface area (Å²) in [5.74, 6) is 0.640. The number of aromatic amines is 1. The first-order valence-corrected chi connectivity index (χ1v) is 5.95. The van der Waals surface area contributed by atoms with Gasteiger partial charge in [0.15, 0.2) is 0 Å². The number of H-pyrrole nitrogens is 1. The van der Waals surface area contributed by atoms with Crippen LogP contribution in [-0.2, 0) is 0 Å². The van der Waals surface area contributed by atoms with Crippen LogP contribution in [0.15, 0.2) is 35.4 Å². The number of allylic oxidation sites excluding steroid dienone is 2. The van der Waals surface area contributed by atoms with E-state index in [1.807, 2.05) is 12.2 Å². The molecule has 1 aromatic rings. The van der Waals surface area contributed by atoms with Crippen molar-refractivity contribution in [2.45, 2.75) is 16.7 Å². The predicted molar refractivity (Wildman–Crippen MR) is 62.0 cm³/mol. The van der Waals surface area contributed by atoms with Gasteiger partial charge in [-0.1, -0.05) is 24.3 Å². The Kier molecular flexibility index (Phi) is 2.37. The summed E-state index contributed by atoms with van der Waals surface area (Å²) in [6.45, 7) is 0. The van der Waals surface area contributed by atoms with Crippen molar-refractivity contribution in [2.24, 2.45) is 0 Å². The Balaban J connectivity index is 1.86. The Hall–Kier alpha value is -1.40. The van der Waals surface area contributed by atoms with E-state index in [-0.39, 0.29) is 11.1 Å². The summed E-state index contributed by atoms with van der Waals surface area (Å²) in [6.07, 6.45) is 9.64. The molecule has 6 heteroatoms. The fourth-order valence-electron chi connectivity index (χ4n) is 1.83. The lowest BCUT2D eigenvalue weighted by Crippen LogP contribution is -2.30. The van der Waals surface area contributed by atoms with Gasteiger partial charge in [0.25, 0.3) is 0 Å². The van der Waals surface area contributed by atoms with E-state index < -0.39 is 0 Å². The maximum absolute atomic E-state index is 11.1. The van der Waals surface area contributed by atoms with E-state index in [0.29, 0.717) is 17.1 Å². The minimum atomic E-state index is -0.353. The van der Waals surface area contributed by atoms with Gasteiger partial charge in [-0.15, -0.1) is 11.8 Å². The molecule has 16 heavy (non-hydrogen) atoms. The van der Waals surface area contributed by atoms with Crippen molar-refractivity contribution in [3.63, 3.8) is 0 Å². The van der Waals surface area contributed by atoms with Gasteiger partial charge in [-0.3, -0.25) is 10.3 Å². The van der Waals surface area contributed by atoms with Crippen LogP contribution in [-0.4, -0.2) is 26.2 Å². The number of fused-ring (bicyclic) bond motifs is 1. The van der Waals surface area contributed by atoms with Crippen LogP contribution in [0.2, 0.25) is 0 Å². The van der Waals surface area contributed by atoms with Crippen molar-refractivity contribution in [1.29, 1.82) is 0 Å². The fourth-order valence-corrected chi connectivity index (χ4v) is 3.15. The first-order valence-electron chi connectivity index (χ1n) is 5.01. The molecule has 5 nitrogen and oxygen atoms in total. The Morgan fingerprint density at radius 1 is 1.25 bits per heavy atom. The van der Waals surface area contributed by atoms with Gasteiger partial charge < -0.3 is 0 Å². The lowest BCUT2D eigenvalue weighted by molar-refractivity contribution is 0.608. The van der Waals surface area contributed by atoms with Gasteiger partial charge in [-0.25, -0.2) is 9.78 Å². The highest BCUT2D eigenvalue weighted by Gasteiger charge is 2.33. The first kappa shape index (κ1) is 9.80. The second-order valence-electron chi connectivity index (χ2n) is 3.63. The zero-order valence-corrected chi connectivity index (χ0v) is 9.15. The molecule has 82 valence electrons. The first-order chi connectivity index (χ1) is 7.83. The molecule has 1 aliphatic heterocycles. The lowest BCUT2D eigenvalue weighted by Gasteiger charge is -2.12. The smallest absolute Gasteiger partial charge is 0.292 e. The van der Waals surface area contributed by atoms with Crippen LogP contribution < -0.4 is 11.0 Å². The van der Waals surface area contributed by atoms with Crippen LogP contribution in [0.3, 0.4) is 0 Å². The number of hydrogen-bond acceptors (Lipinski definition) is 5. The molecule has 0 saturated carbocycles. The highest BCUT2D eigenvalue weighted by atomic mass is 32.2. The molecule has 0 bridgehead atoms. The lowest BCUT2D eigenvalue weighted by atomic mass is 10.1. The summed E-state index contributed by atoms with van der Waals surface area (Å²) in [5.41, 5.74) is -0.353. The molecule has 1 saturated heterocycles. The molecule has 1 fully saturated rings. The molecule has 3 unspecified atom stereocenters. The Morgan fingerprint density at radius 3 is 2.94 bits per heavy atom. The molecule has 1 aliphatic carbocycles. The molecule has 2 aliphatic rings. The molecule has 2 N–H and O–H groups in total. The second-order valence-corrected chi connectivity index (χ2v) is 4.92. The molecular formula is C10H10N4OS. The predicted octanol–water partition coefficient (Wildman–Crippen LogP) is 0.363. The summed E-state index contributed by atoms with van der Waals surface area (Å²) in [7, 11) is 0. The number of thioether (sulfide) groups is 1. The fraction of sp³-hybridized carbons (Fsp3) is 0.300. The molecule has 0 radical (unpaired) electrons. The minimum Gasteiger partial charge on any atom is -0.292 e. The molecule has 0 amide bonds. The van der Waals surface area contributed by atoms with Crippen LogP contribution in [0.5, 0.6) is 0 Å². The molecule has 1 aromatic heterocycles. The summed E-state index contributed by atoms with van der Waals surface area (Å²) in [5, 5.41) is 3.84. The van der Waals surface area contributed by atoms with Crippen LogP contribution in [0, 0.1) is 0 Å². The van der Waals surface area contributed by atoms with Crippen molar-refractivity contribution < 1.29 is 0 Å². The van der Waals surface area contributed by atoms with E-state index in [2.05, 4.69) is 32.4 Å². The third kappa shape index (κ3) is 1.70. The van der Waals surface area contributed by atoms with Crippen LogP contribution in [0.4, 0.5) is 0 Å².